The summed E-state index contributed by atoms with van der Waals surface area (Å²) < 4.78 is 21.1. The number of carbonyl (C=O) groups is 3. The molecule has 1 aliphatic carbocycles. The third-order valence-electron chi connectivity index (χ3n) is 6.13. The summed E-state index contributed by atoms with van der Waals surface area (Å²) >= 11 is 0. The molecule has 0 atom stereocenters. The van der Waals surface area contributed by atoms with E-state index < -0.39 is 5.97 Å². The summed E-state index contributed by atoms with van der Waals surface area (Å²) in [6, 6.07) is 20.3. The van der Waals surface area contributed by atoms with Crippen LogP contribution in [0.15, 0.2) is 97.1 Å². The van der Waals surface area contributed by atoms with E-state index in [1.54, 1.807) is 67.8 Å². The molecule has 0 bridgehead atoms. The fourth-order valence-electron chi connectivity index (χ4n) is 3.94. The molecule has 0 fully saturated rings. The molecule has 0 spiro atoms. The summed E-state index contributed by atoms with van der Waals surface area (Å²) in [4.78, 5) is 36.7. The van der Waals surface area contributed by atoms with Gasteiger partial charge < -0.3 is 18.9 Å². The minimum Gasteiger partial charge on any atom is -0.497 e. The molecule has 7 nitrogen and oxygen atoms in total. The first-order valence-corrected chi connectivity index (χ1v) is 12.8. The van der Waals surface area contributed by atoms with Gasteiger partial charge in [0.15, 0.2) is 0 Å². The number of allylic oxidation sites excluding steroid dienone is 4. The number of esters is 3. The zero-order valence-electron chi connectivity index (χ0n) is 21.7. The van der Waals surface area contributed by atoms with Crippen LogP contribution in [0.4, 0.5) is 0 Å². The average molecular weight is 527 g/mol. The topological polar surface area (TPSA) is 88.1 Å². The Bertz CT molecular complexity index is 1310. The molecule has 3 aromatic rings. The van der Waals surface area contributed by atoms with Crippen molar-refractivity contribution < 1.29 is 33.3 Å². The van der Waals surface area contributed by atoms with Crippen molar-refractivity contribution in [3.63, 3.8) is 0 Å². The van der Waals surface area contributed by atoms with Gasteiger partial charge in [0.05, 0.1) is 24.8 Å². The molecule has 0 amide bonds. The van der Waals surface area contributed by atoms with Gasteiger partial charge >= 0.3 is 17.9 Å². The molecule has 7 heteroatoms. The molecule has 0 aromatic heterocycles. The number of hydrogen-bond donors (Lipinski definition) is 0. The fourth-order valence-corrected chi connectivity index (χ4v) is 3.94. The van der Waals surface area contributed by atoms with E-state index in [0.29, 0.717) is 41.2 Å². The van der Waals surface area contributed by atoms with Crippen LogP contribution < -0.4 is 14.2 Å². The number of carbonyl (C=O) groups excluding carboxylic acids is 3. The van der Waals surface area contributed by atoms with E-state index in [0.717, 1.165) is 12.0 Å². The van der Waals surface area contributed by atoms with Gasteiger partial charge in [-0.25, -0.2) is 9.59 Å². The van der Waals surface area contributed by atoms with E-state index in [1.165, 1.54) is 0 Å². The van der Waals surface area contributed by atoms with Crippen molar-refractivity contribution in [2.75, 3.05) is 13.7 Å². The van der Waals surface area contributed by atoms with Crippen molar-refractivity contribution in [2.24, 2.45) is 0 Å². The quantitative estimate of drug-likeness (QED) is 0.152. The first-order chi connectivity index (χ1) is 19.0. The summed E-state index contributed by atoms with van der Waals surface area (Å²) in [6.45, 7) is 0.290. The maximum absolute atomic E-state index is 12.3. The molecule has 0 unspecified atom stereocenters. The van der Waals surface area contributed by atoms with Gasteiger partial charge in [-0.15, -0.1) is 0 Å². The summed E-state index contributed by atoms with van der Waals surface area (Å²) in [5.41, 5.74) is 1.99. The Hall–Kier alpha value is -4.65. The van der Waals surface area contributed by atoms with E-state index in [1.807, 2.05) is 24.3 Å². The van der Waals surface area contributed by atoms with Gasteiger partial charge in [0.25, 0.3) is 0 Å². The lowest BCUT2D eigenvalue weighted by atomic mass is 10.00. The van der Waals surface area contributed by atoms with Crippen LogP contribution in [0.5, 0.6) is 17.2 Å². The lowest BCUT2D eigenvalue weighted by Gasteiger charge is -2.08. The second-order valence-corrected chi connectivity index (χ2v) is 8.93. The molecule has 0 radical (unpaired) electrons. The minimum absolute atomic E-state index is 0.237. The molecule has 0 saturated carbocycles. The largest absolute Gasteiger partial charge is 0.497 e. The van der Waals surface area contributed by atoms with Crippen molar-refractivity contribution in [1.29, 1.82) is 0 Å². The zero-order chi connectivity index (χ0) is 27.5. The third kappa shape index (κ3) is 8.17. The van der Waals surface area contributed by atoms with Crippen LogP contribution in [0.1, 0.15) is 57.9 Å². The highest BCUT2D eigenvalue weighted by Gasteiger charge is 2.12. The van der Waals surface area contributed by atoms with Crippen molar-refractivity contribution in [3.8, 4) is 17.2 Å². The van der Waals surface area contributed by atoms with Crippen LogP contribution >= 0.6 is 0 Å². The van der Waals surface area contributed by atoms with Crippen LogP contribution in [0.3, 0.4) is 0 Å². The Kier molecular flexibility index (Phi) is 9.67. The van der Waals surface area contributed by atoms with Gasteiger partial charge in [0.2, 0.25) is 0 Å². The maximum Gasteiger partial charge on any atom is 0.343 e. The zero-order valence-corrected chi connectivity index (χ0v) is 21.7. The number of rotatable bonds is 12. The first-order valence-electron chi connectivity index (χ1n) is 12.8. The van der Waals surface area contributed by atoms with E-state index in [-0.39, 0.29) is 30.9 Å². The number of unbranched alkanes of at least 4 members (excludes halogenated alkanes) is 2. The molecule has 39 heavy (non-hydrogen) atoms. The Balaban J connectivity index is 1.10. The first kappa shape index (κ1) is 27.4. The van der Waals surface area contributed by atoms with Gasteiger partial charge in [0, 0.05) is 12.3 Å². The summed E-state index contributed by atoms with van der Waals surface area (Å²) in [5, 5.41) is 0. The number of methoxy groups -OCH3 is 1. The summed E-state index contributed by atoms with van der Waals surface area (Å²) in [7, 11) is 1.56. The van der Waals surface area contributed by atoms with Crippen LogP contribution in [0.25, 0.3) is 0 Å². The van der Waals surface area contributed by atoms with Crippen LogP contribution in [0, 0.1) is 0 Å². The molecule has 0 heterocycles. The average Bonchev–Trinajstić information content (AvgIpc) is 3.51. The second kappa shape index (κ2) is 13.8. The molecule has 3 aromatic carbocycles. The fraction of sp³-hybridized carbons (Fsp3) is 0.219. The molecule has 200 valence electrons. The van der Waals surface area contributed by atoms with Crippen molar-refractivity contribution in [1.82, 2.24) is 0 Å². The number of benzene rings is 3. The Morgan fingerprint density at radius 1 is 0.641 bits per heavy atom. The lowest BCUT2D eigenvalue weighted by molar-refractivity contribution is -0.134. The van der Waals surface area contributed by atoms with Crippen LogP contribution in [0.2, 0.25) is 0 Å². The Morgan fingerprint density at radius 3 is 1.87 bits per heavy atom. The maximum atomic E-state index is 12.3. The summed E-state index contributed by atoms with van der Waals surface area (Å²) in [5.74, 6) is 0.431. The molecule has 0 N–H and O–H groups in total. The molecule has 0 saturated heterocycles. The Morgan fingerprint density at radius 2 is 1.21 bits per heavy atom. The van der Waals surface area contributed by atoms with Gasteiger partial charge in [0.1, 0.15) is 17.2 Å². The lowest BCUT2D eigenvalue weighted by Crippen LogP contribution is -2.10. The van der Waals surface area contributed by atoms with Gasteiger partial charge in [-0.05, 0) is 85.5 Å². The molecule has 0 aliphatic heterocycles. The number of ether oxygens (including phenoxy) is 4. The van der Waals surface area contributed by atoms with Crippen molar-refractivity contribution in [2.45, 2.75) is 31.6 Å². The van der Waals surface area contributed by atoms with Crippen molar-refractivity contribution >= 4 is 17.9 Å². The highest BCUT2D eigenvalue weighted by Crippen LogP contribution is 2.23. The normalized spacial score (nSPS) is 12.2. The van der Waals surface area contributed by atoms with Gasteiger partial charge in [-0.3, -0.25) is 4.79 Å². The highest BCUT2D eigenvalue weighted by atomic mass is 16.5. The highest BCUT2D eigenvalue weighted by molar-refractivity contribution is 5.91. The van der Waals surface area contributed by atoms with Gasteiger partial charge in [-0.1, -0.05) is 36.4 Å². The monoisotopic (exact) mass is 526 g/mol. The van der Waals surface area contributed by atoms with Crippen LogP contribution in [-0.2, 0) is 9.53 Å². The van der Waals surface area contributed by atoms with Crippen molar-refractivity contribution in [3.05, 3.63) is 114 Å². The smallest absolute Gasteiger partial charge is 0.343 e. The predicted molar refractivity (Wildman–Crippen MR) is 146 cm³/mol. The van der Waals surface area contributed by atoms with Gasteiger partial charge in [-0.2, -0.15) is 0 Å². The molecule has 4 rings (SSSR count). The summed E-state index contributed by atoms with van der Waals surface area (Å²) in [6.07, 6.45) is 10.4. The third-order valence-corrected chi connectivity index (χ3v) is 6.13. The Labute approximate surface area is 227 Å². The SMILES string of the molecule is COc1ccc(OC(=O)c2ccc(OC(=O)CCCCCOC(=O)c3ccc(C4C=CC=C4)cc3)cc2)cc1. The van der Waals surface area contributed by atoms with E-state index in [4.69, 9.17) is 18.9 Å². The van der Waals surface area contributed by atoms with E-state index in [9.17, 15) is 14.4 Å². The van der Waals surface area contributed by atoms with E-state index >= 15 is 0 Å². The molecule has 1 aliphatic rings. The number of hydrogen-bond acceptors (Lipinski definition) is 7. The molecular weight excluding hydrogens is 496 g/mol. The predicted octanol–water partition coefficient (Wildman–Crippen LogP) is 6.45. The minimum atomic E-state index is -0.519. The molecular formula is C32H30O7. The standard InChI is InChI=1S/C32H30O7/c1-36-27-18-20-29(21-19-27)39-32(35)26-14-16-28(17-15-26)38-30(33)9-3-2-6-22-37-31(34)25-12-10-24(11-13-25)23-7-4-5-8-23/h4-5,7-8,10-21,23H,2-3,6,9,22H2,1H3. The van der Waals surface area contributed by atoms with E-state index in [2.05, 4.69) is 12.2 Å². The van der Waals surface area contributed by atoms with Crippen LogP contribution in [-0.4, -0.2) is 31.6 Å². The second-order valence-electron chi connectivity index (χ2n) is 8.93.